The number of carbonyl (C=O) groups is 1. The Hall–Kier alpha value is -3.39. The maximum Gasteiger partial charge on any atom is 0.321 e. The highest BCUT2D eigenvalue weighted by molar-refractivity contribution is 5.89. The molecule has 8 heteroatoms. The van der Waals surface area contributed by atoms with E-state index in [2.05, 4.69) is 17.1 Å². The average Bonchev–Trinajstić information content (AvgIpc) is 2.81. The molecule has 0 saturated carbocycles. The van der Waals surface area contributed by atoms with E-state index >= 15 is 0 Å². The molecule has 2 aromatic carbocycles. The first-order valence-corrected chi connectivity index (χ1v) is 10.4. The van der Waals surface area contributed by atoms with E-state index in [0.29, 0.717) is 48.5 Å². The number of methoxy groups -OCH3 is 1. The van der Waals surface area contributed by atoms with Gasteiger partial charge < -0.3 is 15.0 Å². The Labute approximate surface area is 181 Å². The molecule has 1 aliphatic rings. The number of piperazine rings is 1. The van der Waals surface area contributed by atoms with Crippen molar-refractivity contribution in [3.8, 4) is 5.75 Å². The van der Waals surface area contributed by atoms with Gasteiger partial charge in [-0.2, -0.15) is 0 Å². The molecule has 1 aliphatic heterocycles. The van der Waals surface area contributed by atoms with E-state index < -0.39 is 0 Å². The minimum absolute atomic E-state index is 0.0362. The van der Waals surface area contributed by atoms with Crippen molar-refractivity contribution >= 4 is 22.6 Å². The van der Waals surface area contributed by atoms with Crippen LogP contribution < -0.4 is 15.6 Å². The molecule has 1 atom stereocenters. The van der Waals surface area contributed by atoms with Gasteiger partial charge in [-0.05, 0) is 31.2 Å². The van der Waals surface area contributed by atoms with Crippen molar-refractivity contribution in [1.29, 1.82) is 0 Å². The van der Waals surface area contributed by atoms with Crippen molar-refractivity contribution in [3.05, 3.63) is 64.7 Å². The molecule has 31 heavy (non-hydrogen) atoms. The number of fused-ring (bicyclic) bond motifs is 1. The Morgan fingerprint density at radius 1 is 1.10 bits per heavy atom. The summed E-state index contributed by atoms with van der Waals surface area (Å²) < 4.78 is 6.84. The molecule has 162 valence electrons. The summed E-state index contributed by atoms with van der Waals surface area (Å²) >= 11 is 0. The molecule has 1 saturated heterocycles. The van der Waals surface area contributed by atoms with E-state index in [0.717, 1.165) is 5.82 Å². The molecule has 0 aliphatic carbocycles. The number of nitrogens with zero attached hydrogens (tertiary/aromatic N) is 4. The molecule has 2 heterocycles. The molecule has 8 nitrogen and oxygen atoms in total. The van der Waals surface area contributed by atoms with Gasteiger partial charge in [-0.15, -0.1) is 0 Å². The molecular formula is C23H27N5O3. The summed E-state index contributed by atoms with van der Waals surface area (Å²) in [6.45, 7) is 4.66. The van der Waals surface area contributed by atoms with Gasteiger partial charge >= 0.3 is 6.03 Å². The van der Waals surface area contributed by atoms with E-state index in [1.165, 1.54) is 0 Å². The van der Waals surface area contributed by atoms with Crippen LogP contribution in [0.25, 0.3) is 10.9 Å². The fourth-order valence-electron chi connectivity index (χ4n) is 3.99. The number of amides is 2. The molecule has 0 radical (unpaired) electrons. The van der Waals surface area contributed by atoms with Crippen LogP contribution in [-0.4, -0.2) is 58.7 Å². The lowest BCUT2D eigenvalue weighted by atomic mass is 10.2. The van der Waals surface area contributed by atoms with Crippen LogP contribution in [0.5, 0.6) is 5.75 Å². The van der Waals surface area contributed by atoms with Crippen LogP contribution in [-0.2, 0) is 7.05 Å². The fourth-order valence-corrected chi connectivity index (χ4v) is 3.99. The van der Waals surface area contributed by atoms with Gasteiger partial charge in [0.1, 0.15) is 11.6 Å². The number of nitrogens with one attached hydrogen (secondary N) is 1. The summed E-state index contributed by atoms with van der Waals surface area (Å²) in [6, 6.07) is 14.6. The van der Waals surface area contributed by atoms with Crippen LogP contribution in [0.2, 0.25) is 0 Å². The second-order valence-electron chi connectivity index (χ2n) is 7.71. The molecule has 2 amide bonds. The molecule has 0 bridgehead atoms. The highest BCUT2D eigenvalue weighted by atomic mass is 16.5. The molecule has 1 N–H and O–H groups in total. The van der Waals surface area contributed by atoms with Crippen LogP contribution in [0, 0.1) is 0 Å². The average molecular weight is 422 g/mol. The van der Waals surface area contributed by atoms with E-state index in [1.54, 1.807) is 35.8 Å². The minimum Gasteiger partial charge on any atom is -0.497 e. The Morgan fingerprint density at radius 2 is 1.84 bits per heavy atom. The van der Waals surface area contributed by atoms with Crippen molar-refractivity contribution in [2.24, 2.45) is 7.05 Å². The number of aromatic nitrogens is 2. The summed E-state index contributed by atoms with van der Waals surface area (Å²) in [6.07, 6.45) is 0. The Morgan fingerprint density at radius 3 is 2.58 bits per heavy atom. The molecule has 1 aromatic heterocycles. The first kappa shape index (κ1) is 20.9. The van der Waals surface area contributed by atoms with Gasteiger partial charge in [0.25, 0.3) is 5.56 Å². The number of benzene rings is 2. The van der Waals surface area contributed by atoms with Gasteiger partial charge in [-0.1, -0.05) is 18.2 Å². The largest absolute Gasteiger partial charge is 0.497 e. The van der Waals surface area contributed by atoms with E-state index in [9.17, 15) is 9.59 Å². The molecule has 4 rings (SSSR count). The van der Waals surface area contributed by atoms with E-state index in [-0.39, 0.29) is 17.6 Å². The highest BCUT2D eigenvalue weighted by Crippen LogP contribution is 2.22. The molecule has 1 fully saturated rings. The third kappa shape index (κ3) is 4.25. The monoisotopic (exact) mass is 421 g/mol. The van der Waals surface area contributed by atoms with Gasteiger partial charge in [0, 0.05) is 45.0 Å². The normalized spacial score (nSPS) is 15.6. The van der Waals surface area contributed by atoms with E-state index in [1.807, 2.05) is 36.4 Å². The second kappa shape index (κ2) is 8.77. The number of para-hydroxylation sites is 1. The highest BCUT2D eigenvalue weighted by Gasteiger charge is 2.27. The van der Waals surface area contributed by atoms with Gasteiger partial charge in [0.2, 0.25) is 0 Å². The lowest BCUT2D eigenvalue weighted by Gasteiger charge is -2.38. The third-order valence-corrected chi connectivity index (χ3v) is 5.86. The Balaban J connectivity index is 1.42. The zero-order chi connectivity index (χ0) is 22.0. The summed E-state index contributed by atoms with van der Waals surface area (Å²) in [7, 11) is 3.37. The van der Waals surface area contributed by atoms with Gasteiger partial charge in [0.15, 0.2) is 0 Å². The Bertz CT molecular complexity index is 1150. The first-order chi connectivity index (χ1) is 15.0. The van der Waals surface area contributed by atoms with Crippen LogP contribution >= 0.6 is 0 Å². The van der Waals surface area contributed by atoms with Crippen molar-refractivity contribution in [1.82, 2.24) is 19.4 Å². The van der Waals surface area contributed by atoms with E-state index in [4.69, 9.17) is 9.72 Å². The van der Waals surface area contributed by atoms with Crippen molar-refractivity contribution < 1.29 is 9.53 Å². The maximum absolute atomic E-state index is 12.7. The minimum atomic E-state index is -0.128. The topological polar surface area (TPSA) is 79.7 Å². The Kier molecular flexibility index (Phi) is 5.90. The van der Waals surface area contributed by atoms with Crippen LogP contribution in [0.3, 0.4) is 0 Å². The number of hydrogen-bond acceptors (Lipinski definition) is 5. The lowest BCUT2D eigenvalue weighted by Crippen LogP contribution is -2.51. The van der Waals surface area contributed by atoms with Gasteiger partial charge in [-0.3, -0.25) is 14.3 Å². The molecule has 0 spiro atoms. The molecular weight excluding hydrogens is 394 g/mol. The standard InChI is InChI=1S/C23H27N5O3/c1-16(21-25-20-10-5-4-9-19(20)22(29)26(21)2)27-11-13-28(14-12-27)23(30)24-17-7-6-8-18(15-17)31-3/h4-10,15-16H,11-14H2,1-3H3,(H,24,30)/t16-/m1/s1. The number of ether oxygens (including phenoxy) is 1. The summed E-state index contributed by atoms with van der Waals surface area (Å²) in [5.74, 6) is 1.43. The van der Waals surface area contributed by atoms with Crippen molar-refractivity contribution in [2.75, 3.05) is 38.6 Å². The van der Waals surface area contributed by atoms with Crippen LogP contribution in [0.4, 0.5) is 10.5 Å². The third-order valence-electron chi connectivity index (χ3n) is 5.86. The summed E-state index contributed by atoms with van der Waals surface area (Å²) in [4.78, 5) is 34.2. The predicted octanol–water partition coefficient (Wildman–Crippen LogP) is 2.85. The molecule has 0 unspecified atom stereocenters. The van der Waals surface area contributed by atoms with Crippen molar-refractivity contribution in [3.63, 3.8) is 0 Å². The SMILES string of the molecule is COc1cccc(NC(=O)N2CCN([C@H](C)c3nc4ccccc4c(=O)n3C)CC2)c1. The lowest BCUT2D eigenvalue weighted by molar-refractivity contribution is 0.114. The zero-order valence-electron chi connectivity index (χ0n) is 18.0. The number of urea groups is 1. The molecule has 3 aromatic rings. The summed E-state index contributed by atoms with van der Waals surface area (Å²) in [5.41, 5.74) is 1.38. The van der Waals surface area contributed by atoms with Crippen LogP contribution in [0.15, 0.2) is 53.3 Å². The summed E-state index contributed by atoms with van der Waals surface area (Å²) in [5, 5.41) is 3.55. The predicted molar refractivity (Wildman–Crippen MR) is 121 cm³/mol. The number of rotatable bonds is 4. The zero-order valence-corrected chi connectivity index (χ0v) is 18.0. The van der Waals surface area contributed by atoms with Gasteiger partial charge in [-0.25, -0.2) is 9.78 Å². The fraction of sp³-hybridized carbons (Fsp3) is 0.348. The number of anilines is 1. The maximum atomic E-state index is 12.7. The second-order valence-corrected chi connectivity index (χ2v) is 7.71. The smallest absolute Gasteiger partial charge is 0.321 e. The number of hydrogen-bond donors (Lipinski definition) is 1. The number of carbonyl (C=O) groups excluding carboxylic acids is 1. The van der Waals surface area contributed by atoms with Crippen molar-refractivity contribution in [2.45, 2.75) is 13.0 Å². The quantitative estimate of drug-likeness (QED) is 0.701. The first-order valence-electron chi connectivity index (χ1n) is 10.4. The van der Waals surface area contributed by atoms with Crippen LogP contribution in [0.1, 0.15) is 18.8 Å². The van der Waals surface area contributed by atoms with Gasteiger partial charge in [0.05, 0.1) is 24.1 Å².